The predicted molar refractivity (Wildman–Crippen MR) is 137 cm³/mol. The monoisotopic (exact) mass is 449 g/mol. The fourth-order valence-corrected chi connectivity index (χ4v) is 4.75. The van der Waals surface area contributed by atoms with Gasteiger partial charge in [-0.25, -0.2) is 0 Å². The van der Waals surface area contributed by atoms with E-state index in [1.54, 1.807) is 0 Å². The van der Waals surface area contributed by atoms with Crippen molar-refractivity contribution in [2.45, 2.75) is 25.0 Å². The van der Waals surface area contributed by atoms with Gasteiger partial charge in [-0.3, -0.25) is 4.90 Å². The highest BCUT2D eigenvalue weighted by atomic mass is 16.5. The molecule has 0 spiro atoms. The van der Waals surface area contributed by atoms with Crippen molar-refractivity contribution < 1.29 is 9.47 Å². The van der Waals surface area contributed by atoms with E-state index < -0.39 is 0 Å². The highest BCUT2D eigenvalue weighted by Gasteiger charge is 2.30. The van der Waals surface area contributed by atoms with Gasteiger partial charge in [0, 0.05) is 25.6 Å². The maximum absolute atomic E-state index is 6.41. The average molecular weight is 450 g/mol. The van der Waals surface area contributed by atoms with Gasteiger partial charge in [0.1, 0.15) is 11.5 Å². The second-order valence-electron chi connectivity index (χ2n) is 8.87. The topological polar surface area (TPSA) is 21.7 Å². The maximum atomic E-state index is 6.41. The van der Waals surface area contributed by atoms with Gasteiger partial charge < -0.3 is 9.47 Å². The molecule has 1 saturated heterocycles. The highest BCUT2D eigenvalue weighted by Crippen LogP contribution is 2.33. The summed E-state index contributed by atoms with van der Waals surface area (Å²) in [4.78, 5) is 2.52. The number of para-hydroxylation sites is 2. The van der Waals surface area contributed by atoms with E-state index in [4.69, 9.17) is 9.47 Å². The molecule has 0 bridgehead atoms. The Morgan fingerprint density at radius 3 is 2.18 bits per heavy atom. The van der Waals surface area contributed by atoms with Crippen LogP contribution in [0.1, 0.15) is 22.6 Å². The molecule has 2 atom stereocenters. The molecule has 3 nitrogen and oxygen atoms in total. The number of morpholine rings is 1. The molecule has 5 rings (SSSR count). The van der Waals surface area contributed by atoms with Crippen molar-refractivity contribution in [3.63, 3.8) is 0 Å². The van der Waals surface area contributed by atoms with Crippen LogP contribution < -0.4 is 4.74 Å². The van der Waals surface area contributed by atoms with Crippen LogP contribution in [0.15, 0.2) is 115 Å². The van der Waals surface area contributed by atoms with Crippen LogP contribution in [0, 0.1) is 0 Å². The lowest BCUT2D eigenvalue weighted by atomic mass is 9.86. The normalized spacial score (nSPS) is 17.2. The zero-order valence-corrected chi connectivity index (χ0v) is 19.4. The lowest BCUT2D eigenvalue weighted by Gasteiger charge is -2.37. The Kier molecular flexibility index (Phi) is 7.34. The number of rotatable bonds is 8. The van der Waals surface area contributed by atoms with E-state index in [1.807, 2.05) is 36.4 Å². The van der Waals surface area contributed by atoms with Gasteiger partial charge in [-0.15, -0.1) is 0 Å². The van der Waals surface area contributed by atoms with Crippen LogP contribution in [0.4, 0.5) is 0 Å². The molecule has 0 unspecified atom stereocenters. The van der Waals surface area contributed by atoms with Crippen molar-refractivity contribution in [1.82, 2.24) is 4.90 Å². The summed E-state index contributed by atoms with van der Waals surface area (Å²) in [7, 11) is 0. The standard InChI is InChI=1S/C31H31NO2/c1-4-12-25(13-5-1)23-32-20-21-33-31(24-32)29(26-14-6-2-7-15-26)22-27-16-10-11-19-30(27)34-28-17-8-3-9-18-28/h1-19,29,31H,20-24H2/t29-,31-/m0/s1. The lowest BCUT2D eigenvalue weighted by Crippen LogP contribution is -2.45. The van der Waals surface area contributed by atoms with Crippen LogP contribution >= 0.6 is 0 Å². The zero-order chi connectivity index (χ0) is 23.0. The minimum Gasteiger partial charge on any atom is -0.457 e. The number of ether oxygens (including phenoxy) is 2. The third-order valence-electron chi connectivity index (χ3n) is 6.49. The molecule has 1 aliphatic heterocycles. The lowest BCUT2D eigenvalue weighted by molar-refractivity contribution is -0.0445. The largest absolute Gasteiger partial charge is 0.457 e. The van der Waals surface area contributed by atoms with Crippen molar-refractivity contribution in [3.8, 4) is 11.5 Å². The van der Waals surface area contributed by atoms with Gasteiger partial charge in [0.2, 0.25) is 0 Å². The summed E-state index contributed by atoms with van der Waals surface area (Å²) in [6.45, 7) is 3.58. The molecular formula is C31H31NO2. The fourth-order valence-electron chi connectivity index (χ4n) is 4.75. The molecule has 1 aliphatic rings. The second-order valence-corrected chi connectivity index (χ2v) is 8.87. The molecule has 172 valence electrons. The molecular weight excluding hydrogens is 418 g/mol. The molecule has 0 aliphatic carbocycles. The number of benzene rings is 4. The summed E-state index contributed by atoms with van der Waals surface area (Å²) in [6.07, 6.45) is 0.973. The summed E-state index contributed by atoms with van der Waals surface area (Å²) < 4.78 is 12.7. The number of nitrogens with zero attached hydrogens (tertiary/aromatic N) is 1. The molecule has 1 heterocycles. The Bertz CT molecular complexity index is 1150. The Balaban J connectivity index is 1.38. The average Bonchev–Trinajstić information content (AvgIpc) is 2.90. The van der Waals surface area contributed by atoms with Gasteiger partial charge in [0.25, 0.3) is 0 Å². The Morgan fingerprint density at radius 1 is 0.765 bits per heavy atom. The SMILES string of the molecule is c1ccc(CN2CCO[C@H]([C@@H](Cc3ccccc3Oc3ccccc3)c3ccccc3)C2)cc1. The minimum atomic E-state index is 0.115. The van der Waals surface area contributed by atoms with Crippen molar-refractivity contribution in [1.29, 1.82) is 0 Å². The molecule has 1 fully saturated rings. The fraction of sp³-hybridized carbons (Fsp3) is 0.226. The molecule has 0 saturated carbocycles. The van der Waals surface area contributed by atoms with Gasteiger partial charge in [-0.05, 0) is 41.3 Å². The highest BCUT2D eigenvalue weighted by molar-refractivity contribution is 5.39. The summed E-state index contributed by atoms with van der Waals surface area (Å²) in [6, 6.07) is 39.9. The third kappa shape index (κ3) is 5.74. The first-order valence-corrected chi connectivity index (χ1v) is 12.1. The van der Waals surface area contributed by atoms with Crippen molar-refractivity contribution in [2.75, 3.05) is 19.7 Å². The third-order valence-corrected chi connectivity index (χ3v) is 6.49. The molecule has 0 N–H and O–H groups in total. The van der Waals surface area contributed by atoms with E-state index in [9.17, 15) is 0 Å². The number of hydrogen-bond donors (Lipinski definition) is 0. The van der Waals surface area contributed by atoms with E-state index >= 15 is 0 Å². The van der Waals surface area contributed by atoms with Gasteiger partial charge >= 0.3 is 0 Å². The second kappa shape index (κ2) is 11.1. The van der Waals surface area contributed by atoms with Crippen LogP contribution in [0.3, 0.4) is 0 Å². The van der Waals surface area contributed by atoms with Gasteiger partial charge in [0.05, 0.1) is 12.7 Å². The van der Waals surface area contributed by atoms with Crippen LogP contribution in [0.25, 0.3) is 0 Å². The van der Waals surface area contributed by atoms with E-state index in [-0.39, 0.29) is 12.0 Å². The zero-order valence-electron chi connectivity index (χ0n) is 19.4. The summed E-state index contributed by atoms with van der Waals surface area (Å²) in [5, 5.41) is 0. The van der Waals surface area contributed by atoms with Gasteiger partial charge in [0.15, 0.2) is 0 Å². The van der Waals surface area contributed by atoms with Crippen molar-refractivity contribution in [3.05, 3.63) is 132 Å². The van der Waals surface area contributed by atoms with Crippen LogP contribution in [-0.2, 0) is 17.7 Å². The van der Waals surface area contributed by atoms with Crippen LogP contribution in [0.2, 0.25) is 0 Å². The van der Waals surface area contributed by atoms with Crippen LogP contribution in [-0.4, -0.2) is 30.7 Å². The quantitative estimate of drug-likeness (QED) is 0.298. The first kappa shape index (κ1) is 22.4. The summed E-state index contributed by atoms with van der Waals surface area (Å²) >= 11 is 0. The van der Waals surface area contributed by atoms with E-state index in [2.05, 4.69) is 83.8 Å². The summed E-state index contributed by atoms with van der Waals surface area (Å²) in [5.41, 5.74) is 3.86. The first-order chi connectivity index (χ1) is 16.8. The van der Waals surface area contributed by atoms with Crippen molar-refractivity contribution in [2.24, 2.45) is 0 Å². The van der Waals surface area contributed by atoms with Gasteiger partial charge in [-0.2, -0.15) is 0 Å². The Labute approximate surface area is 202 Å². The number of hydrogen-bond acceptors (Lipinski definition) is 3. The van der Waals surface area contributed by atoms with Crippen molar-refractivity contribution >= 4 is 0 Å². The molecule has 4 aromatic carbocycles. The molecule has 4 aromatic rings. The van der Waals surface area contributed by atoms with Gasteiger partial charge in [-0.1, -0.05) is 97.1 Å². The smallest absolute Gasteiger partial charge is 0.130 e. The maximum Gasteiger partial charge on any atom is 0.130 e. The molecule has 0 amide bonds. The predicted octanol–water partition coefficient (Wildman–Crippen LogP) is 6.71. The Hall–Kier alpha value is -3.40. The molecule has 34 heavy (non-hydrogen) atoms. The molecule has 3 heteroatoms. The molecule has 0 aromatic heterocycles. The minimum absolute atomic E-state index is 0.115. The summed E-state index contributed by atoms with van der Waals surface area (Å²) in [5.74, 6) is 2.00. The molecule has 0 radical (unpaired) electrons. The van der Waals surface area contributed by atoms with E-state index in [0.29, 0.717) is 0 Å². The Morgan fingerprint density at radius 2 is 1.41 bits per heavy atom. The van der Waals surface area contributed by atoms with E-state index in [1.165, 1.54) is 16.7 Å². The first-order valence-electron chi connectivity index (χ1n) is 12.1. The van der Waals surface area contributed by atoms with E-state index in [0.717, 1.165) is 44.2 Å². The van der Waals surface area contributed by atoms with Crippen LogP contribution in [0.5, 0.6) is 11.5 Å².